The van der Waals surface area contributed by atoms with E-state index >= 15 is 0 Å². The fourth-order valence-corrected chi connectivity index (χ4v) is 3.31. The summed E-state index contributed by atoms with van der Waals surface area (Å²) in [4.78, 5) is 27.9. The predicted molar refractivity (Wildman–Crippen MR) is 99.8 cm³/mol. The third-order valence-electron chi connectivity index (χ3n) is 4.80. The summed E-state index contributed by atoms with van der Waals surface area (Å²) in [7, 11) is 1.82. The van der Waals surface area contributed by atoms with Crippen LogP contribution in [-0.4, -0.2) is 30.3 Å². The van der Waals surface area contributed by atoms with Crippen LogP contribution in [-0.2, 0) is 24.2 Å². The lowest BCUT2D eigenvalue weighted by Gasteiger charge is -2.19. The van der Waals surface area contributed by atoms with Gasteiger partial charge >= 0.3 is 0 Å². The standard InChI is InChI=1S/C21H24N2O2/c1-4-16-5-7-17(8-6-16)14-22(3)21(25)19-9-10-20-18(13-19)11-12-23(20)15(2)24/h5-10,13H,4,11-12,14H2,1-3H3. The van der Waals surface area contributed by atoms with E-state index in [1.807, 2.05) is 25.2 Å². The lowest BCUT2D eigenvalue weighted by molar-refractivity contribution is -0.116. The highest BCUT2D eigenvalue weighted by Gasteiger charge is 2.23. The molecule has 4 nitrogen and oxygen atoms in total. The summed E-state index contributed by atoms with van der Waals surface area (Å²) in [6.07, 6.45) is 1.82. The number of amides is 2. The molecule has 0 aliphatic carbocycles. The second-order valence-electron chi connectivity index (χ2n) is 6.60. The van der Waals surface area contributed by atoms with Gasteiger partial charge in [-0.25, -0.2) is 0 Å². The van der Waals surface area contributed by atoms with Crippen molar-refractivity contribution in [1.29, 1.82) is 0 Å². The molecule has 0 saturated heterocycles. The maximum atomic E-state index is 12.7. The monoisotopic (exact) mass is 336 g/mol. The lowest BCUT2D eigenvalue weighted by Crippen LogP contribution is -2.27. The van der Waals surface area contributed by atoms with Gasteiger partial charge in [-0.3, -0.25) is 9.59 Å². The Labute approximate surface area is 149 Å². The number of aryl methyl sites for hydroxylation is 1. The highest BCUT2D eigenvalue weighted by molar-refractivity contribution is 5.97. The molecule has 0 atom stereocenters. The maximum Gasteiger partial charge on any atom is 0.253 e. The van der Waals surface area contributed by atoms with E-state index in [4.69, 9.17) is 0 Å². The zero-order chi connectivity index (χ0) is 18.0. The Morgan fingerprint density at radius 3 is 2.40 bits per heavy atom. The predicted octanol–water partition coefficient (Wildman–Crippen LogP) is 3.43. The quantitative estimate of drug-likeness (QED) is 0.858. The van der Waals surface area contributed by atoms with Gasteiger partial charge in [-0.2, -0.15) is 0 Å². The Morgan fingerprint density at radius 2 is 1.76 bits per heavy atom. The molecular formula is C21H24N2O2. The van der Waals surface area contributed by atoms with E-state index in [0.717, 1.165) is 29.7 Å². The van der Waals surface area contributed by atoms with E-state index in [1.54, 1.807) is 16.7 Å². The second kappa shape index (κ2) is 7.09. The summed E-state index contributed by atoms with van der Waals surface area (Å²) in [6.45, 7) is 4.99. The van der Waals surface area contributed by atoms with E-state index in [1.165, 1.54) is 5.56 Å². The van der Waals surface area contributed by atoms with Gasteiger partial charge < -0.3 is 9.80 Å². The molecular weight excluding hydrogens is 312 g/mol. The number of carbonyl (C=O) groups excluding carboxylic acids is 2. The van der Waals surface area contributed by atoms with Gasteiger partial charge in [-0.15, -0.1) is 0 Å². The first-order valence-corrected chi connectivity index (χ1v) is 8.74. The number of hydrogen-bond donors (Lipinski definition) is 0. The largest absolute Gasteiger partial charge is 0.337 e. The Hall–Kier alpha value is -2.62. The van der Waals surface area contributed by atoms with Gasteiger partial charge in [0.15, 0.2) is 0 Å². The summed E-state index contributed by atoms with van der Waals surface area (Å²) < 4.78 is 0. The smallest absolute Gasteiger partial charge is 0.253 e. The van der Waals surface area contributed by atoms with Crippen LogP contribution in [0.4, 0.5) is 5.69 Å². The molecule has 2 amide bonds. The summed E-state index contributed by atoms with van der Waals surface area (Å²) in [5, 5.41) is 0. The molecule has 25 heavy (non-hydrogen) atoms. The van der Waals surface area contributed by atoms with Gasteiger partial charge in [0.05, 0.1) is 0 Å². The van der Waals surface area contributed by atoms with Crippen molar-refractivity contribution in [3.05, 3.63) is 64.7 Å². The number of fused-ring (bicyclic) bond motifs is 1. The first-order valence-electron chi connectivity index (χ1n) is 8.74. The molecule has 1 heterocycles. The van der Waals surface area contributed by atoms with Crippen molar-refractivity contribution in [2.24, 2.45) is 0 Å². The number of anilines is 1. The first-order chi connectivity index (χ1) is 12.0. The van der Waals surface area contributed by atoms with Crippen molar-refractivity contribution in [3.63, 3.8) is 0 Å². The number of benzene rings is 2. The van der Waals surface area contributed by atoms with Crippen molar-refractivity contribution < 1.29 is 9.59 Å². The van der Waals surface area contributed by atoms with Crippen molar-refractivity contribution in [1.82, 2.24) is 4.90 Å². The minimum absolute atomic E-state index is 0.00337. The summed E-state index contributed by atoms with van der Waals surface area (Å²) in [6, 6.07) is 14.0. The fraction of sp³-hybridized carbons (Fsp3) is 0.333. The van der Waals surface area contributed by atoms with Gasteiger partial charge in [0.1, 0.15) is 0 Å². The molecule has 0 radical (unpaired) electrons. The number of carbonyl (C=O) groups is 2. The molecule has 1 aliphatic heterocycles. The molecule has 0 N–H and O–H groups in total. The lowest BCUT2D eigenvalue weighted by atomic mass is 10.1. The molecule has 0 unspecified atom stereocenters. The molecule has 1 aliphatic rings. The third kappa shape index (κ3) is 3.58. The van der Waals surface area contributed by atoms with Crippen LogP contribution in [0.5, 0.6) is 0 Å². The molecule has 2 aromatic rings. The molecule has 130 valence electrons. The van der Waals surface area contributed by atoms with Crippen LogP contribution in [0.15, 0.2) is 42.5 Å². The summed E-state index contributed by atoms with van der Waals surface area (Å²) in [5.74, 6) is 0.0501. The SMILES string of the molecule is CCc1ccc(CN(C)C(=O)c2ccc3c(c2)CCN3C(C)=O)cc1. The van der Waals surface area contributed by atoms with E-state index in [-0.39, 0.29) is 11.8 Å². The summed E-state index contributed by atoms with van der Waals surface area (Å²) in [5.41, 5.74) is 5.10. The van der Waals surface area contributed by atoms with Crippen molar-refractivity contribution in [2.45, 2.75) is 33.2 Å². The zero-order valence-corrected chi connectivity index (χ0v) is 15.1. The van der Waals surface area contributed by atoms with Crippen LogP contribution in [0.1, 0.15) is 40.9 Å². The average Bonchev–Trinajstić information content (AvgIpc) is 3.05. The molecule has 2 aromatic carbocycles. The van der Waals surface area contributed by atoms with Crippen LogP contribution < -0.4 is 4.90 Å². The van der Waals surface area contributed by atoms with Crippen molar-refractivity contribution >= 4 is 17.5 Å². The van der Waals surface area contributed by atoms with E-state index in [0.29, 0.717) is 18.7 Å². The normalized spacial score (nSPS) is 12.8. The minimum atomic E-state index is 0.00337. The molecule has 0 aromatic heterocycles. The fourth-order valence-electron chi connectivity index (χ4n) is 3.31. The molecule has 0 fully saturated rings. The van der Waals surface area contributed by atoms with Crippen LogP contribution in [0, 0.1) is 0 Å². The molecule has 0 saturated carbocycles. The highest BCUT2D eigenvalue weighted by Crippen LogP contribution is 2.29. The summed E-state index contributed by atoms with van der Waals surface area (Å²) >= 11 is 0. The van der Waals surface area contributed by atoms with E-state index in [9.17, 15) is 9.59 Å². The molecule has 4 heteroatoms. The average molecular weight is 336 g/mol. The number of nitrogens with zero attached hydrogens (tertiary/aromatic N) is 2. The van der Waals surface area contributed by atoms with Gasteiger partial charge in [0.2, 0.25) is 5.91 Å². The van der Waals surface area contributed by atoms with E-state index < -0.39 is 0 Å². The van der Waals surface area contributed by atoms with Crippen LogP contribution in [0.3, 0.4) is 0 Å². The molecule has 3 rings (SSSR count). The van der Waals surface area contributed by atoms with Gasteiger partial charge in [0, 0.05) is 38.3 Å². The molecule has 0 spiro atoms. The zero-order valence-electron chi connectivity index (χ0n) is 15.1. The first kappa shape index (κ1) is 17.2. The Balaban J connectivity index is 1.73. The minimum Gasteiger partial charge on any atom is -0.337 e. The van der Waals surface area contributed by atoms with E-state index in [2.05, 4.69) is 31.2 Å². The van der Waals surface area contributed by atoms with Crippen molar-refractivity contribution in [2.75, 3.05) is 18.5 Å². The van der Waals surface area contributed by atoms with Gasteiger partial charge in [0.25, 0.3) is 5.91 Å². The van der Waals surface area contributed by atoms with Crippen LogP contribution >= 0.6 is 0 Å². The third-order valence-corrected chi connectivity index (χ3v) is 4.80. The number of rotatable bonds is 4. The van der Waals surface area contributed by atoms with Gasteiger partial charge in [-0.05, 0) is 47.7 Å². The second-order valence-corrected chi connectivity index (χ2v) is 6.60. The topological polar surface area (TPSA) is 40.6 Å². The molecule has 0 bridgehead atoms. The van der Waals surface area contributed by atoms with Crippen LogP contribution in [0.25, 0.3) is 0 Å². The van der Waals surface area contributed by atoms with Crippen molar-refractivity contribution in [3.8, 4) is 0 Å². The Kier molecular flexibility index (Phi) is 4.88. The Morgan fingerprint density at radius 1 is 1.08 bits per heavy atom. The maximum absolute atomic E-state index is 12.7. The Bertz CT molecular complexity index is 796. The number of hydrogen-bond acceptors (Lipinski definition) is 2. The van der Waals surface area contributed by atoms with Gasteiger partial charge in [-0.1, -0.05) is 31.2 Å². The van der Waals surface area contributed by atoms with Crippen LogP contribution in [0.2, 0.25) is 0 Å². The highest BCUT2D eigenvalue weighted by atomic mass is 16.2.